The SMILES string of the molecule is C=C(CC)CC(=O)c1ccccc1C(F)(F)F. The molecule has 1 rings (SSSR count). The molecule has 1 aromatic rings. The van der Waals surface area contributed by atoms with E-state index in [1.165, 1.54) is 18.2 Å². The van der Waals surface area contributed by atoms with E-state index in [1.807, 2.05) is 6.92 Å². The highest BCUT2D eigenvalue weighted by Gasteiger charge is 2.34. The van der Waals surface area contributed by atoms with Gasteiger partial charge in [-0.25, -0.2) is 0 Å². The molecule has 0 spiro atoms. The van der Waals surface area contributed by atoms with E-state index in [2.05, 4.69) is 6.58 Å². The number of allylic oxidation sites excluding steroid dienone is 1. The van der Waals surface area contributed by atoms with Crippen molar-refractivity contribution in [3.8, 4) is 0 Å². The number of carbonyl (C=O) groups excluding carboxylic acids is 1. The summed E-state index contributed by atoms with van der Waals surface area (Å²) >= 11 is 0. The van der Waals surface area contributed by atoms with Gasteiger partial charge in [0, 0.05) is 12.0 Å². The number of alkyl halides is 3. The van der Waals surface area contributed by atoms with Crippen LogP contribution >= 0.6 is 0 Å². The fraction of sp³-hybridized carbons (Fsp3) is 0.308. The Morgan fingerprint density at radius 1 is 1.29 bits per heavy atom. The van der Waals surface area contributed by atoms with Gasteiger partial charge < -0.3 is 0 Å². The molecule has 0 N–H and O–H groups in total. The maximum atomic E-state index is 12.7. The number of hydrogen-bond donors (Lipinski definition) is 0. The first-order valence-corrected chi connectivity index (χ1v) is 5.22. The summed E-state index contributed by atoms with van der Waals surface area (Å²) < 4.78 is 38.0. The van der Waals surface area contributed by atoms with Crippen LogP contribution in [0.4, 0.5) is 13.2 Å². The predicted molar refractivity (Wildman–Crippen MR) is 59.8 cm³/mol. The fourth-order valence-corrected chi connectivity index (χ4v) is 1.42. The average Bonchev–Trinajstić information content (AvgIpc) is 2.27. The Morgan fingerprint density at radius 2 is 1.88 bits per heavy atom. The molecule has 92 valence electrons. The molecule has 0 saturated heterocycles. The van der Waals surface area contributed by atoms with Crippen molar-refractivity contribution in [1.82, 2.24) is 0 Å². The lowest BCUT2D eigenvalue weighted by atomic mass is 9.98. The molecule has 0 saturated carbocycles. The Balaban J connectivity index is 3.06. The maximum absolute atomic E-state index is 12.7. The zero-order chi connectivity index (χ0) is 13.1. The van der Waals surface area contributed by atoms with Crippen molar-refractivity contribution in [1.29, 1.82) is 0 Å². The lowest BCUT2D eigenvalue weighted by Crippen LogP contribution is -2.13. The van der Waals surface area contributed by atoms with E-state index in [-0.39, 0.29) is 12.0 Å². The van der Waals surface area contributed by atoms with Crippen LogP contribution in [0, 0.1) is 0 Å². The van der Waals surface area contributed by atoms with Gasteiger partial charge in [0.2, 0.25) is 0 Å². The second kappa shape index (κ2) is 5.17. The van der Waals surface area contributed by atoms with Crippen molar-refractivity contribution in [2.75, 3.05) is 0 Å². The number of carbonyl (C=O) groups is 1. The van der Waals surface area contributed by atoms with Crippen molar-refractivity contribution in [3.05, 3.63) is 47.5 Å². The minimum Gasteiger partial charge on any atom is -0.294 e. The van der Waals surface area contributed by atoms with E-state index in [4.69, 9.17) is 0 Å². The van der Waals surface area contributed by atoms with Crippen LogP contribution in [0.2, 0.25) is 0 Å². The number of ketones is 1. The highest BCUT2D eigenvalue weighted by atomic mass is 19.4. The van der Waals surface area contributed by atoms with Gasteiger partial charge in [-0.05, 0) is 12.5 Å². The van der Waals surface area contributed by atoms with Crippen LogP contribution in [0.3, 0.4) is 0 Å². The third kappa shape index (κ3) is 3.44. The zero-order valence-corrected chi connectivity index (χ0v) is 9.47. The molecule has 0 amide bonds. The Bertz CT molecular complexity index is 433. The summed E-state index contributed by atoms with van der Waals surface area (Å²) in [5.74, 6) is -0.537. The summed E-state index contributed by atoms with van der Waals surface area (Å²) in [7, 11) is 0. The van der Waals surface area contributed by atoms with Crippen LogP contribution in [-0.2, 0) is 6.18 Å². The summed E-state index contributed by atoms with van der Waals surface area (Å²) in [6.07, 6.45) is -3.96. The first-order chi connectivity index (χ1) is 7.86. The Labute approximate surface area is 98.0 Å². The van der Waals surface area contributed by atoms with Gasteiger partial charge in [-0.3, -0.25) is 4.79 Å². The molecule has 0 aliphatic heterocycles. The fourth-order valence-electron chi connectivity index (χ4n) is 1.42. The van der Waals surface area contributed by atoms with E-state index >= 15 is 0 Å². The lowest BCUT2D eigenvalue weighted by molar-refractivity contribution is -0.137. The molecule has 1 nitrogen and oxygen atoms in total. The Morgan fingerprint density at radius 3 is 2.41 bits per heavy atom. The summed E-state index contributed by atoms with van der Waals surface area (Å²) in [6.45, 7) is 5.44. The molecule has 4 heteroatoms. The second-order valence-electron chi connectivity index (χ2n) is 3.75. The van der Waals surface area contributed by atoms with Crippen molar-refractivity contribution in [2.24, 2.45) is 0 Å². The van der Waals surface area contributed by atoms with Crippen molar-refractivity contribution >= 4 is 5.78 Å². The topological polar surface area (TPSA) is 17.1 Å². The molecule has 17 heavy (non-hydrogen) atoms. The molecule has 0 bridgehead atoms. The van der Waals surface area contributed by atoms with E-state index < -0.39 is 17.5 Å². The first kappa shape index (κ1) is 13.5. The molecule has 0 radical (unpaired) electrons. The van der Waals surface area contributed by atoms with Crippen molar-refractivity contribution in [3.63, 3.8) is 0 Å². The molecular weight excluding hydrogens is 229 g/mol. The molecule has 1 aromatic carbocycles. The standard InChI is InChI=1S/C13H13F3O/c1-3-9(2)8-12(17)10-6-4-5-7-11(10)13(14,15)16/h4-7H,2-3,8H2,1H3. The van der Waals surface area contributed by atoms with Gasteiger partial charge in [-0.1, -0.05) is 37.3 Å². The number of halogens is 3. The molecule has 0 aliphatic carbocycles. The van der Waals surface area contributed by atoms with Gasteiger partial charge in [0.05, 0.1) is 5.56 Å². The summed E-state index contributed by atoms with van der Waals surface area (Å²) in [5.41, 5.74) is -0.532. The van der Waals surface area contributed by atoms with Gasteiger partial charge in [-0.15, -0.1) is 0 Å². The minimum atomic E-state index is -4.50. The number of benzene rings is 1. The van der Waals surface area contributed by atoms with Gasteiger partial charge in [0.15, 0.2) is 5.78 Å². The van der Waals surface area contributed by atoms with Crippen molar-refractivity contribution in [2.45, 2.75) is 25.9 Å². The molecule has 0 heterocycles. The van der Waals surface area contributed by atoms with E-state index in [0.29, 0.717) is 12.0 Å². The molecule has 0 aromatic heterocycles. The normalized spacial score (nSPS) is 11.3. The highest BCUT2D eigenvalue weighted by molar-refractivity contribution is 5.99. The average molecular weight is 242 g/mol. The summed E-state index contributed by atoms with van der Waals surface area (Å²) in [6, 6.07) is 4.82. The Hall–Kier alpha value is -1.58. The zero-order valence-electron chi connectivity index (χ0n) is 9.47. The van der Waals surface area contributed by atoms with Gasteiger partial charge in [0.1, 0.15) is 0 Å². The van der Waals surface area contributed by atoms with Crippen LogP contribution in [0.1, 0.15) is 35.7 Å². The lowest BCUT2D eigenvalue weighted by Gasteiger charge is -2.11. The summed E-state index contributed by atoms with van der Waals surface area (Å²) in [4.78, 5) is 11.7. The van der Waals surface area contributed by atoms with Crippen LogP contribution < -0.4 is 0 Å². The number of rotatable bonds is 4. The van der Waals surface area contributed by atoms with Crippen LogP contribution in [-0.4, -0.2) is 5.78 Å². The molecule has 0 aliphatic rings. The second-order valence-corrected chi connectivity index (χ2v) is 3.75. The number of hydrogen-bond acceptors (Lipinski definition) is 1. The Kier molecular flexibility index (Phi) is 4.10. The summed E-state index contributed by atoms with van der Waals surface area (Å²) in [5, 5.41) is 0. The molecule has 0 atom stereocenters. The van der Waals surface area contributed by atoms with E-state index in [0.717, 1.165) is 6.07 Å². The smallest absolute Gasteiger partial charge is 0.294 e. The van der Waals surface area contributed by atoms with Crippen LogP contribution in [0.5, 0.6) is 0 Å². The van der Waals surface area contributed by atoms with Crippen LogP contribution in [0.15, 0.2) is 36.4 Å². The minimum absolute atomic E-state index is 0.0381. The van der Waals surface area contributed by atoms with Gasteiger partial charge >= 0.3 is 6.18 Å². The van der Waals surface area contributed by atoms with E-state index in [9.17, 15) is 18.0 Å². The largest absolute Gasteiger partial charge is 0.417 e. The highest BCUT2D eigenvalue weighted by Crippen LogP contribution is 2.32. The predicted octanol–water partition coefficient (Wildman–Crippen LogP) is 4.24. The monoisotopic (exact) mass is 242 g/mol. The number of Topliss-reactive ketones (excluding diaryl/α,β-unsaturated/α-hetero) is 1. The van der Waals surface area contributed by atoms with Gasteiger partial charge in [-0.2, -0.15) is 13.2 Å². The third-order valence-corrected chi connectivity index (χ3v) is 2.44. The third-order valence-electron chi connectivity index (χ3n) is 2.44. The first-order valence-electron chi connectivity index (χ1n) is 5.22. The van der Waals surface area contributed by atoms with Crippen molar-refractivity contribution < 1.29 is 18.0 Å². The molecule has 0 unspecified atom stereocenters. The van der Waals surface area contributed by atoms with E-state index in [1.54, 1.807) is 0 Å². The maximum Gasteiger partial charge on any atom is 0.417 e. The van der Waals surface area contributed by atoms with Crippen LogP contribution in [0.25, 0.3) is 0 Å². The van der Waals surface area contributed by atoms with Gasteiger partial charge in [0.25, 0.3) is 0 Å². The molecular formula is C13H13F3O. The molecule has 0 fully saturated rings. The quantitative estimate of drug-likeness (QED) is 0.570.